The number of nitrogens with one attached hydrogen (secondary N) is 2. The molecule has 0 aliphatic carbocycles. The summed E-state index contributed by atoms with van der Waals surface area (Å²) in [5.41, 5.74) is 5.92. The van der Waals surface area contributed by atoms with E-state index in [-0.39, 0.29) is 25.3 Å². The van der Waals surface area contributed by atoms with E-state index in [0.29, 0.717) is 11.4 Å². The highest BCUT2D eigenvalue weighted by atomic mass is 19.3. The van der Waals surface area contributed by atoms with E-state index < -0.39 is 30.8 Å². The van der Waals surface area contributed by atoms with Gasteiger partial charge in [-0.2, -0.15) is 0 Å². The van der Waals surface area contributed by atoms with Crippen molar-refractivity contribution >= 4 is 29.1 Å². The van der Waals surface area contributed by atoms with Crippen LogP contribution in [-0.2, 0) is 14.4 Å². The van der Waals surface area contributed by atoms with E-state index in [1.165, 1.54) is 4.90 Å². The molecule has 24 heavy (non-hydrogen) atoms. The van der Waals surface area contributed by atoms with Gasteiger partial charge in [-0.25, -0.2) is 8.78 Å². The van der Waals surface area contributed by atoms with Crippen molar-refractivity contribution in [2.75, 3.05) is 29.9 Å². The van der Waals surface area contributed by atoms with Gasteiger partial charge in [0.2, 0.25) is 17.7 Å². The summed E-state index contributed by atoms with van der Waals surface area (Å²) in [4.78, 5) is 36.8. The van der Waals surface area contributed by atoms with Crippen molar-refractivity contribution in [2.24, 2.45) is 5.73 Å². The number of fused-ring (bicyclic) bond motifs is 1. The lowest BCUT2D eigenvalue weighted by molar-refractivity contribution is -0.126. The molecule has 4 N–H and O–H groups in total. The highest BCUT2D eigenvalue weighted by Gasteiger charge is 2.28. The number of amides is 3. The van der Waals surface area contributed by atoms with Crippen LogP contribution in [0.5, 0.6) is 0 Å². The van der Waals surface area contributed by atoms with Crippen LogP contribution in [0.4, 0.5) is 20.2 Å². The molecule has 1 aliphatic heterocycles. The van der Waals surface area contributed by atoms with Gasteiger partial charge in [0.1, 0.15) is 6.54 Å². The van der Waals surface area contributed by atoms with E-state index in [9.17, 15) is 23.2 Å². The molecular weight excluding hydrogens is 322 g/mol. The van der Waals surface area contributed by atoms with E-state index >= 15 is 0 Å². The average Bonchev–Trinajstić information content (AvgIpc) is 2.57. The third-order valence-corrected chi connectivity index (χ3v) is 3.48. The second-order valence-corrected chi connectivity index (χ2v) is 5.38. The molecule has 0 atom stereocenters. The quantitative estimate of drug-likeness (QED) is 0.700. The van der Waals surface area contributed by atoms with Gasteiger partial charge >= 0.3 is 0 Å². The number of para-hydroxylation sites is 2. The van der Waals surface area contributed by atoms with Crippen LogP contribution < -0.4 is 21.3 Å². The molecule has 1 heterocycles. The Bertz CT molecular complexity index is 651. The van der Waals surface area contributed by atoms with E-state index in [4.69, 9.17) is 5.73 Å². The van der Waals surface area contributed by atoms with Crippen LogP contribution in [0.15, 0.2) is 24.3 Å². The fourth-order valence-corrected chi connectivity index (χ4v) is 2.20. The molecule has 0 bridgehead atoms. The van der Waals surface area contributed by atoms with Crippen LogP contribution in [0, 0.1) is 0 Å². The standard InChI is InChI=1S/C15H18F2N4O3/c16-15(17,8-18)9-19-12(22)5-6-14(24)21-7-13(23)20-10-3-1-2-4-11(10)21/h1-4H,5-9,18H2,(H,19,22)(H,20,23). The number of carbonyl (C=O) groups is 3. The Morgan fingerprint density at radius 2 is 2.00 bits per heavy atom. The van der Waals surface area contributed by atoms with Gasteiger partial charge in [-0.05, 0) is 12.1 Å². The zero-order valence-corrected chi connectivity index (χ0v) is 12.9. The topological polar surface area (TPSA) is 105 Å². The fourth-order valence-electron chi connectivity index (χ4n) is 2.20. The minimum absolute atomic E-state index is 0.150. The van der Waals surface area contributed by atoms with E-state index in [1.54, 1.807) is 24.3 Å². The Hall–Kier alpha value is -2.55. The second kappa shape index (κ2) is 7.35. The first-order chi connectivity index (χ1) is 11.3. The third kappa shape index (κ3) is 4.48. The van der Waals surface area contributed by atoms with Crippen LogP contribution >= 0.6 is 0 Å². The first kappa shape index (κ1) is 17.8. The number of nitrogens with two attached hydrogens (primary N) is 1. The summed E-state index contributed by atoms with van der Waals surface area (Å²) >= 11 is 0. The summed E-state index contributed by atoms with van der Waals surface area (Å²) in [6.45, 7) is -1.89. The summed E-state index contributed by atoms with van der Waals surface area (Å²) in [5.74, 6) is -4.62. The number of benzene rings is 1. The maximum Gasteiger partial charge on any atom is 0.277 e. The number of hydrogen-bond acceptors (Lipinski definition) is 4. The Morgan fingerprint density at radius 1 is 1.29 bits per heavy atom. The third-order valence-electron chi connectivity index (χ3n) is 3.48. The van der Waals surface area contributed by atoms with Crippen molar-refractivity contribution in [1.82, 2.24) is 5.32 Å². The van der Waals surface area contributed by atoms with Crippen LogP contribution in [0.2, 0.25) is 0 Å². The number of halogens is 2. The zero-order chi connectivity index (χ0) is 17.7. The number of nitrogens with zero attached hydrogens (tertiary/aromatic N) is 1. The lowest BCUT2D eigenvalue weighted by atomic mass is 10.1. The normalized spacial score (nSPS) is 14.0. The molecule has 0 unspecified atom stereocenters. The molecule has 7 nitrogen and oxygen atoms in total. The molecule has 1 aromatic rings. The predicted octanol–water partition coefficient (Wildman–Crippen LogP) is 0.462. The minimum Gasteiger partial charge on any atom is -0.350 e. The number of rotatable bonds is 6. The highest BCUT2D eigenvalue weighted by molar-refractivity contribution is 6.10. The van der Waals surface area contributed by atoms with Crippen molar-refractivity contribution in [2.45, 2.75) is 18.8 Å². The predicted molar refractivity (Wildman–Crippen MR) is 83.7 cm³/mol. The fraction of sp³-hybridized carbons (Fsp3) is 0.400. The molecule has 9 heteroatoms. The first-order valence-corrected chi connectivity index (χ1v) is 7.36. The minimum atomic E-state index is -3.18. The molecule has 1 aliphatic rings. The molecule has 0 spiro atoms. The lowest BCUT2D eigenvalue weighted by Gasteiger charge is -2.29. The summed E-state index contributed by atoms with van der Waals surface area (Å²) in [7, 11) is 0. The van der Waals surface area contributed by atoms with E-state index in [2.05, 4.69) is 5.32 Å². The summed E-state index contributed by atoms with van der Waals surface area (Å²) in [5, 5.41) is 4.69. The van der Waals surface area contributed by atoms with Crippen molar-refractivity contribution in [3.05, 3.63) is 24.3 Å². The van der Waals surface area contributed by atoms with E-state index in [1.807, 2.05) is 5.32 Å². The van der Waals surface area contributed by atoms with Gasteiger partial charge < -0.3 is 21.3 Å². The molecule has 2 rings (SSSR count). The Kier molecular flexibility index (Phi) is 5.45. The second-order valence-electron chi connectivity index (χ2n) is 5.38. The van der Waals surface area contributed by atoms with Gasteiger partial charge in [0, 0.05) is 12.8 Å². The number of hydrogen-bond donors (Lipinski definition) is 3. The number of anilines is 2. The number of carbonyl (C=O) groups excluding carboxylic acids is 3. The summed E-state index contributed by atoms with van der Waals surface area (Å²) in [6.07, 6.45) is -0.443. The van der Waals surface area contributed by atoms with Crippen LogP contribution in [0.1, 0.15) is 12.8 Å². The molecule has 0 saturated heterocycles. The average molecular weight is 340 g/mol. The number of alkyl halides is 2. The molecular formula is C15H18F2N4O3. The molecule has 0 aromatic heterocycles. The van der Waals surface area contributed by atoms with Gasteiger partial charge in [0.25, 0.3) is 5.92 Å². The molecule has 130 valence electrons. The Labute approximate surface area is 137 Å². The summed E-state index contributed by atoms with van der Waals surface area (Å²) < 4.78 is 25.9. The lowest BCUT2D eigenvalue weighted by Crippen LogP contribution is -2.43. The van der Waals surface area contributed by atoms with Crippen molar-refractivity contribution in [3.8, 4) is 0 Å². The van der Waals surface area contributed by atoms with Crippen LogP contribution in [-0.4, -0.2) is 43.3 Å². The smallest absolute Gasteiger partial charge is 0.277 e. The maximum atomic E-state index is 13.0. The molecule has 0 saturated carbocycles. The zero-order valence-electron chi connectivity index (χ0n) is 12.9. The van der Waals surface area contributed by atoms with Crippen molar-refractivity contribution in [1.29, 1.82) is 0 Å². The molecule has 3 amide bonds. The van der Waals surface area contributed by atoms with Gasteiger partial charge in [-0.15, -0.1) is 0 Å². The SMILES string of the molecule is NCC(F)(F)CNC(=O)CCC(=O)N1CC(=O)Nc2ccccc21. The molecule has 1 aromatic carbocycles. The Balaban J connectivity index is 1.91. The maximum absolute atomic E-state index is 13.0. The Morgan fingerprint density at radius 3 is 2.71 bits per heavy atom. The highest BCUT2D eigenvalue weighted by Crippen LogP contribution is 2.29. The van der Waals surface area contributed by atoms with Crippen LogP contribution in [0.3, 0.4) is 0 Å². The van der Waals surface area contributed by atoms with Crippen LogP contribution in [0.25, 0.3) is 0 Å². The van der Waals surface area contributed by atoms with Gasteiger partial charge in [0.15, 0.2) is 0 Å². The van der Waals surface area contributed by atoms with Gasteiger partial charge in [-0.3, -0.25) is 14.4 Å². The molecule has 0 fully saturated rings. The monoisotopic (exact) mass is 340 g/mol. The van der Waals surface area contributed by atoms with E-state index in [0.717, 1.165) is 0 Å². The molecule has 0 radical (unpaired) electrons. The first-order valence-electron chi connectivity index (χ1n) is 7.36. The van der Waals surface area contributed by atoms with Crippen molar-refractivity contribution in [3.63, 3.8) is 0 Å². The van der Waals surface area contributed by atoms with Gasteiger partial charge in [-0.1, -0.05) is 12.1 Å². The largest absolute Gasteiger partial charge is 0.350 e. The van der Waals surface area contributed by atoms with Gasteiger partial charge in [0.05, 0.1) is 24.5 Å². The summed E-state index contributed by atoms with van der Waals surface area (Å²) in [6, 6.07) is 6.78. The van der Waals surface area contributed by atoms with Crippen molar-refractivity contribution < 1.29 is 23.2 Å².